The molecular weight excluding hydrogens is 548 g/mol. The minimum absolute atomic E-state index is 0.00673. The number of anilines is 1. The van der Waals surface area contributed by atoms with Crippen molar-refractivity contribution in [2.75, 3.05) is 12.4 Å². The van der Waals surface area contributed by atoms with Crippen molar-refractivity contribution >= 4 is 23.5 Å². The minimum atomic E-state index is -1.64. The van der Waals surface area contributed by atoms with E-state index in [1.807, 2.05) is 0 Å². The average Bonchev–Trinajstić information content (AvgIpc) is 3.55. The second-order valence-corrected chi connectivity index (χ2v) is 11.0. The van der Waals surface area contributed by atoms with Crippen LogP contribution in [0, 0.1) is 46.9 Å². The van der Waals surface area contributed by atoms with E-state index in [1.165, 1.54) is 13.2 Å². The standard InChI is InChI=1S/C29H30F4N2O6/c1-40-22-12-19(30)23(41-17-6-4-13(5-7-17)29(38)39)11-18(22)27(36)35-26-15-3-2-14(8-15)24(26)28(37)34-16-9-20(31)25(33)21(32)10-16/h9-15,17,24,26H,2-8H2,1H3,(H,34,37)(H,35,36)(H,38,39)/t13-,14-,15+,17+,24+,26-/m1/s1. The Morgan fingerprint density at radius 1 is 0.854 bits per heavy atom. The molecule has 0 spiro atoms. The molecule has 0 radical (unpaired) electrons. The zero-order valence-corrected chi connectivity index (χ0v) is 22.2. The highest BCUT2D eigenvalue weighted by Gasteiger charge is 2.51. The zero-order valence-electron chi connectivity index (χ0n) is 22.2. The number of ether oxygens (including phenoxy) is 2. The Bertz CT molecular complexity index is 1340. The Morgan fingerprint density at radius 2 is 1.51 bits per heavy atom. The first kappa shape index (κ1) is 28.7. The number of halogens is 4. The number of fused-ring (bicyclic) bond motifs is 2. The number of carbonyl (C=O) groups is 3. The number of hydrogen-bond acceptors (Lipinski definition) is 5. The quantitative estimate of drug-likeness (QED) is 0.298. The van der Waals surface area contributed by atoms with E-state index in [0.29, 0.717) is 44.2 Å². The van der Waals surface area contributed by atoms with Gasteiger partial charge in [0, 0.05) is 29.9 Å². The average molecular weight is 579 g/mol. The van der Waals surface area contributed by atoms with Crippen LogP contribution in [0.2, 0.25) is 0 Å². The van der Waals surface area contributed by atoms with E-state index in [2.05, 4.69) is 10.6 Å². The number of rotatable bonds is 8. The molecule has 2 aromatic rings. The maximum Gasteiger partial charge on any atom is 0.306 e. The van der Waals surface area contributed by atoms with Gasteiger partial charge in [0.15, 0.2) is 29.0 Å². The van der Waals surface area contributed by atoms with Gasteiger partial charge in [-0.2, -0.15) is 0 Å². The van der Waals surface area contributed by atoms with Gasteiger partial charge >= 0.3 is 5.97 Å². The fourth-order valence-electron chi connectivity index (χ4n) is 6.54. The first-order valence-electron chi connectivity index (χ1n) is 13.6. The molecule has 5 rings (SSSR count). The first-order valence-corrected chi connectivity index (χ1v) is 13.6. The van der Waals surface area contributed by atoms with E-state index < -0.39 is 65.0 Å². The van der Waals surface area contributed by atoms with E-state index in [0.717, 1.165) is 18.9 Å². The summed E-state index contributed by atoms with van der Waals surface area (Å²) < 4.78 is 66.7. The van der Waals surface area contributed by atoms with Crippen LogP contribution in [0.5, 0.6) is 11.5 Å². The van der Waals surface area contributed by atoms with Gasteiger partial charge in [-0.3, -0.25) is 14.4 Å². The Balaban J connectivity index is 1.32. The Kier molecular flexibility index (Phi) is 8.10. The number of carbonyl (C=O) groups excluding carboxylic acids is 2. The van der Waals surface area contributed by atoms with E-state index in [-0.39, 0.29) is 34.6 Å². The molecule has 0 saturated heterocycles. The second kappa shape index (κ2) is 11.6. The molecule has 220 valence electrons. The maximum absolute atomic E-state index is 14.9. The molecule has 4 atom stereocenters. The normalized spacial score (nSPS) is 26.9. The predicted molar refractivity (Wildman–Crippen MR) is 137 cm³/mol. The van der Waals surface area contributed by atoms with Gasteiger partial charge in [0.05, 0.1) is 30.6 Å². The van der Waals surface area contributed by atoms with Gasteiger partial charge in [0.1, 0.15) is 5.75 Å². The van der Waals surface area contributed by atoms with Crippen molar-refractivity contribution in [2.45, 2.75) is 57.1 Å². The van der Waals surface area contributed by atoms with Crippen LogP contribution in [-0.2, 0) is 9.59 Å². The molecule has 3 fully saturated rings. The van der Waals surface area contributed by atoms with Crippen molar-refractivity contribution in [3.63, 3.8) is 0 Å². The highest BCUT2D eigenvalue weighted by Crippen LogP contribution is 2.49. The van der Waals surface area contributed by atoms with Crippen molar-refractivity contribution in [1.29, 1.82) is 0 Å². The third-order valence-corrected chi connectivity index (χ3v) is 8.58. The summed E-state index contributed by atoms with van der Waals surface area (Å²) in [5.41, 5.74) is -0.244. The van der Waals surface area contributed by atoms with E-state index in [9.17, 15) is 37.1 Å². The highest BCUT2D eigenvalue weighted by molar-refractivity contribution is 5.99. The first-order chi connectivity index (χ1) is 19.5. The molecule has 8 nitrogen and oxygen atoms in total. The molecule has 12 heteroatoms. The molecular formula is C29H30F4N2O6. The third-order valence-electron chi connectivity index (χ3n) is 8.58. The van der Waals surface area contributed by atoms with Crippen molar-refractivity contribution in [2.24, 2.45) is 23.7 Å². The monoisotopic (exact) mass is 578 g/mol. The smallest absolute Gasteiger partial charge is 0.306 e. The van der Waals surface area contributed by atoms with Crippen LogP contribution in [0.1, 0.15) is 55.3 Å². The number of methoxy groups -OCH3 is 1. The van der Waals surface area contributed by atoms with Crippen LogP contribution in [-0.4, -0.2) is 42.1 Å². The summed E-state index contributed by atoms with van der Waals surface area (Å²) in [5.74, 6) is -8.77. The van der Waals surface area contributed by atoms with Crippen molar-refractivity contribution in [3.8, 4) is 11.5 Å². The van der Waals surface area contributed by atoms with Crippen molar-refractivity contribution in [1.82, 2.24) is 5.32 Å². The van der Waals surface area contributed by atoms with Crippen LogP contribution >= 0.6 is 0 Å². The second-order valence-electron chi connectivity index (χ2n) is 11.0. The van der Waals surface area contributed by atoms with Gasteiger partial charge in [-0.15, -0.1) is 0 Å². The van der Waals surface area contributed by atoms with Gasteiger partial charge in [-0.05, 0) is 62.8 Å². The zero-order chi connectivity index (χ0) is 29.4. The van der Waals surface area contributed by atoms with Gasteiger partial charge < -0.3 is 25.2 Å². The lowest BCUT2D eigenvalue weighted by Gasteiger charge is -2.31. The number of nitrogens with one attached hydrogen (secondary N) is 2. The van der Waals surface area contributed by atoms with Gasteiger partial charge in [-0.1, -0.05) is 0 Å². The SMILES string of the molecule is COc1cc(F)c(O[C@H]2CC[C@@H](C(=O)O)CC2)cc1C(=O)N[C@@H]1[C@H]2CC[C@H](C2)[C@@H]1C(=O)Nc1cc(F)c(F)c(F)c1. The lowest BCUT2D eigenvalue weighted by molar-refractivity contribution is -0.143. The summed E-state index contributed by atoms with van der Waals surface area (Å²) in [6.07, 6.45) is 3.41. The fraction of sp³-hybridized carbons (Fsp3) is 0.483. The summed E-state index contributed by atoms with van der Waals surface area (Å²) in [6.45, 7) is 0. The third kappa shape index (κ3) is 5.82. The topological polar surface area (TPSA) is 114 Å². The number of aliphatic carboxylic acids is 1. The summed E-state index contributed by atoms with van der Waals surface area (Å²) in [5, 5.41) is 14.5. The highest BCUT2D eigenvalue weighted by atomic mass is 19.2. The largest absolute Gasteiger partial charge is 0.496 e. The number of carboxylic acid groups (broad SMARTS) is 1. The Morgan fingerprint density at radius 3 is 2.15 bits per heavy atom. The minimum Gasteiger partial charge on any atom is -0.496 e. The van der Waals surface area contributed by atoms with E-state index in [4.69, 9.17) is 9.47 Å². The van der Waals surface area contributed by atoms with Crippen LogP contribution in [0.15, 0.2) is 24.3 Å². The van der Waals surface area contributed by atoms with Crippen LogP contribution in [0.4, 0.5) is 23.2 Å². The molecule has 3 aliphatic carbocycles. The van der Waals surface area contributed by atoms with Crippen molar-refractivity contribution < 1.29 is 46.5 Å². The maximum atomic E-state index is 14.9. The Hall–Kier alpha value is -3.83. The predicted octanol–water partition coefficient (Wildman–Crippen LogP) is 5.06. The summed E-state index contributed by atoms with van der Waals surface area (Å²) >= 11 is 0. The number of benzene rings is 2. The molecule has 0 heterocycles. The molecule has 0 unspecified atom stereocenters. The number of carboxylic acids is 1. The van der Waals surface area contributed by atoms with Crippen molar-refractivity contribution in [3.05, 3.63) is 53.1 Å². The van der Waals surface area contributed by atoms with Gasteiger partial charge in [0.2, 0.25) is 5.91 Å². The fourth-order valence-corrected chi connectivity index (χ4v) is 6.54. The molecule has 3 aliphatic rings. The number of hydrogen-bond donors (Lipinski definition) is 3. The lowest BCUT2D eigenvalue weighted by atomic mass is 9.83. The molecule has 3 N–H and O–H groups in total. The van der Waals surface area contributed by atoms with E-state index in [1.54, 1.807) is 0 Å². The molecule has 2 aromatic carbocycles. The van der Waals surface area contributed by atoms with Crippen LogP contribution in [0.3, 0.4) is 0 Å². The molecule has 0 aromatic heterocycles. The molecule has 41 heavy (non-hydrogen) atoms. The molecule has 2 bridgehead atoms. The van der Waals surface area contributed by atoms with E-state index >= 15 is 0 Å². The number of amides is 2. The molecule has 2 amide bonds. The molecule has 3 saturated carbocycles. The van der Waals surface area contributed by atoms with Crippen LogP contribution in [0.25, 0.3) is 0 Å². The molecule has 0 aliphatic heterocycles. The summed E-state index contributed by atoms with van der Waals surface area (Å²) in [6, 6.07) is 3.04. The Labute approximate surface area is 233 Å². The van der Waals surface area contributed by atoms with Gasteiger partial charge in [-0.25, -0.2) is 17.6 Å². The summed E-state index contributed by atoms with van der Waals surface area (Å²) in [4.78, 5) is 37.9. The van der Waals surface area contributed by atoms with Crippen LogP contribution < -0.4 is 20.1 Å². The lowest BCUT2D eigenvalue weighted by Crippen LogP contribution is -2.48. The van der Waals surface area contributed by atoms with Gasteiger partial charge in [0.25, 0.3) is 5.91 Å². The summed E-state index contributed by atoms with van der Waals surface area (Å²) in [7, 11) is 1.29.